The average Bonchev–Trinajstić information content (AvgIpc) is 2.35. The molecule has 0 unspecified atom stereocenters. The molecule has 0 fully saturated rings. The molecule has 0 aliphatic carbocycles. The lowest BCUT2D eigenvalue weighted by atomic mass is 10.1. The number of benzene rings is 1. The van der Waals surface area contributed by atoms with Crippen molar-refractivity contribution in [3.8, 4) is 17.1 Å². The molecule has 2 aromatic rings. The summed E-state index contributed by atoms with van der Waals surface area (Å²) in [4.78, 5) is 8.89. The summed E-state index contributed by atoms with van der Waals surface area (Å²) >= 11 is 8.36. The van der Waals surface area contributed by atoms with Gasteiger partial charge in [-0.1, -0.05) is 25.4 Å². The third kappa shape index (κ3) is 3.57. The van der Waals surface area contributed by atoms with E-state index >= 15 is 0 Å². The minimum atomic E-state index is 0.225. The van der Waals surface area contributed by atoms with Crippen molar-refractivity contribution in [2.45, 2.75) is 20.3 Å². The van der Waals surface area contributed by atoms with Gasteiger partial charge in [0.25, 0.3) is 0 Å². The first-order chi connectivity index (χ1) is 8.97. The number of phenols is 1. The molecule has 0 bridgehead atoms. The number of phenolic OH excluding ortho intramolecular Hbond substituents is 1. The minimum absolute atomic E-state index is 0.225. The predicted octanol–water partition coefficient (Wildman–Crippen LogP) is 4.31. The van der Waals surface area contributed by atoms with Crippen molar-refractivity contribution in [1.82, 2.24) is 9.97 Å². The second-order valence-electron chi connectivity index (χ2n) is 4.74. The molecule has 5 heteroatoms. The van der Waals surface area contributed by atoms with Crippen LogP contribution in [0.1, 0.15) is 19.5 Å². The molecule has 1 heterocycles. The Morgan fingerprint density at radius 1 is 1.21 bits per heavy atom. The number of rotatable bonds is 3. The Bertz CT molecular complexity index is 585. The van der Waals surface area contributed by atoms with Crippen LogP contribution in [0.5, 0.6) is 5.75 Å². The van der Waals surface area contributed by atoms with Gasteiger partial charge in [-0.2, -0.15) is 0 Å². The second kappa shape index (κ2) is 6.05. The fourth-order valence-electron chi connectivity index (χ4n) is 1.72. The van der Waals surface area contributed by atoms with Crippen LogP contribution in [0.15, 0.2) is 24.3 Å². The van der Waals surface area contributed by atoms with Crippen molar-refractivity contribution in [1.29, 1.82) is 0 Å². The summed E-state index contributed by atoms with van der Waals surface area (Å²) in [5.41, 5.74) is 1.82. The van der Waals surface area contributed by atoms with E-state index in [-0.39, 0.29) is 5.75 Å². The Hall–Kier alpha value is -0.880. The Morgan fingerprint density at radius 2 is 1.84 bits per heavy atom. The Labute approximate surface area is 131 Å². The van der Waals surface area contributed by atoms with Crippen LogP contribution in [-0.4, -0.2) is 15.1 Å². The predicted molar refractivity (Wildman–Crippen MR) is 85.4 cm³/mol. The van der Waals surface area contributed by atoms with E-state index in [0.717, 1.165) is 21.2 Å². The third-order valence-corrected chi connectivity index (χ3v) is 4.33. The van der Waals surface area contributed by atoms with Crippen molar-refractivity contribution in [2.24, 2.45) is 5.92 Å². The highest BCUT2D eigenvalue weighted by molar-refractivity contribution is 14.1. The third-order valence-electron chi connectivity index (χ3n) is 2.61. The van der Waals surface area contributed by atoms with E-state index in [9.17, 15) is 5.11 Å². The molecular weight excluding hydrogens is 375 g/mol. The van der Waals surface area contributed by atoms with Crippen LogP contribution in [0.25, 0.3) is 11.4 Å². The summed E-state index contributed by atoms with van der Waals surface area (Å²) < 4.78 is 0.912. The van der Waals surface area contributed by atoms with Crippen LogP contribution in [0, 0.1) is 9.49 Å². The standard InChI is InChI=1S/C14H14ClIN2O/c1-8(2)7-11-12(16)13(15)18-14(17-11)9-3-5-10(19)6-4-9/h3-6,8,19H,7H2,1-2H3. The number of nitrogens with zero attached hydrogens (tertiary/aromatic N) is 2. The van der Waals surface area contributed by atoms with Gasteiger partial charge in [0.05, 0.1) is 9.26 Å². The minimum Gasteiger partial charge on any atom is -0.508 e. The van der Waals surface area contributed by atoms with E-state index in [4.69, 9.17) is 11.6 Å². The van der Waals surface area contributed by atoms with E-state index in [0.29, 0.717) is 16.9 Å². The number of halogens is 2. The molecule has 1 aromatic heterocycles. The maximum atomic E-state index is 9.31. The maximum absolute atomic E-state index is 9.31. The summed E-state index contributed by atoms with van der Waals surface area (Å²) in [6, 6.07) is 6.80. The Kier molecular flexibility index (Phi) is 4.62. The van der Waals surface area contributed by atoms with Gasteiger partial charge in [0.15, 0.2) is 5.82 Å². The first-order valence-corrected chi connectivity index (χ1v) is 7.44. The first-order valence-electron chi connectivity index (χ1n) is 5.98. The van der Waals surface area contributed by atoms with Gasteiger partial charge < -0.3 is 5.11 Å². The van der Waals surface area contributed by atoms with Crippen molar-refractivity contribution in [2.75, 3.05) is 0 Å². The summed E-state index contributed by atoms with van der Waals surface area (Å²) in [6.45, 7) is 4.29. The summed E-state index contributed by atoms with van der Waals surface area (Å²) in [5.74, 6) is 1.33. The molecule has 0 aliphatic heterocycles. The van der Waals surface area contributed by atoms with Crippen molar-refractivity contribution < 1.29 is 5.11 Å². The summed E-state index contributed by atoms with van der Waals surface area (Å²) in [6.07, 6.45) is 0.867. The zero-order chi connectivity index (χ0) is 14.0. The second-order valence-corrected chi connectivity index (χ2v) is 6.18. The fourth-order valence-corrected chi connectivity index (χ4v) is 2.38. The lowest BCUT2D eigenvalue weighted by Gasteiger charge is -2.10. The molecule has 100 valence electrons. The molecule has 1 aromatic carbocycles. The van der Waals surface area contributed by atoms with E-state index in [1.165, 1.54) is 0 Å². The highest BCUT2D eigenvalue weighted by Crippen LogP contribution is 2.26. The van der Waals surface area contributed by atoms with Crippen LogP contribution in [0.4, 0.5) is 0 Å². The number of hydrogen-bond acceptors (Lipinski definition) is 3. The number of aromatic nitrogens is 2. The largest absolute Gasteiger partial charge is 0.508 e. The van der Waals surface area contributed by atoms with Gasteiger partial charge in [0, 0.05) is 5.56 Å². The molecular formula is C14H14ClIN2O. The van der Waals surface area contributed by atoms with Crippen LogP contribution in [-0.2, 0) is 6.42 Å². The van der Waals surface area contributed by atoms with Crippen molar-refractivity contribution >= 4 is 34.2 Å². The van der Waals surface area contributed by atoms with Gasteiger partial charge in [-0.05, 0) is 59.2 Å². The van der Waals surface area contributed by atoms with Crippen LogP contribution >= 0.6 is 34.2 Å². The monoisotopic (exact) mass is 388 g/mol. The quantitative estimate of drug-likeness (QED) is 0.630. The molecule has 0 spiro atoms. The van der Waals surface area contributed by atoms with Gasteiger partial charge in [-0.3, -0.25) is 0 Å². The van der Waals surface area contributed by atoms with Gasteiger partial charge in [0.1, 0.15) is 10.9 Å². The Balaban J connectivity index is 2.46. The van der Waals surface area contributed by atoms with Crippen LogP contribution in [0.2, 0.25) is 5.15 Å². The molecule has 0 amide bonds. The topological polar surface area (TPSA) is 46.0 Å². The van der Waals surface area contributed by atoms with Crippen molar-refractivity contribution in [3.63, 3.8) is 0 Å². The van der Waals surface area contributed by atoms with E-state index < -0.39 is 0 Å². The van der Waals surface area contributed by atoms with E-state index in [1.54, 1.807) is 24.3 Å². The zero-order valence-corrected chi connectivity index (χ0v) is 13.6. The highest BCUT2D eigenvalue weighted by atomic mass is 127. The first kappa shape index (κ1) is 14.5. The molecule has 0 radical (unpaired) electrons. The molecule has 19 heavy (non-hydrogen) atoms. The number of hydrogen-bond donors (Lipinski definition) is 1. The molecule has 3 nitrogen and oxygen atoms in total. The summed E-state index contributed by atoms with van der Waals surface area (Å²) in [5, 5.41) is 9.79. The van der Waals surface area contributed by atoms with Crippen LogP contribution in [0.3, 0.4) is 0 Å². The smallest absolute Gasteiger partial charge is 0.161 e. The van der Waals surface area contributed by atoms with E-state index in [1.807, 2.05) is 0 Å². The molecule has 0 saturated heterocycles. The fraction of sp³-hybridized carbons (Fsp3) is 0.286. The lowest BCUT2D eigenvalue weighted by Crippen LogP contribution is -2.04. The SMILES string of the molecule is CC(C)Cc1nc(-c2ccc(O)cc2)nc(Cl)c1I. The summed E-state index contributed by atoms with van der Waals surface area (Å²) in [7, 11) is 0. The molecule has 0 atom stereocenters. The normalized spacial score (nSPS) is 11.0. The van der Waals surface area contributed by atoms with Gasteiger partial charge >= 0.3 is 0 Å². The highest BCUT2D eigenvalue weighted by Gasteiger charge is 2.13. The van der Waals surface area contributed by atoms with Gasteiger partial charge in [0.2, 0.25) is 0 Å². The molecule has 1 N–H and O–H groups in total. The average molecular weight is 389 g/mol. The zero-order valence-electron chi connectivity index (χ0n) is 10.7. The Morgan fingerprint density at radius 3 is 2.42 bits per heavy atom. The van der Waals surface area contributed by atoms with Crippen LogP contribution < -0.4 is 0 Å². The molecule has 2 rings (SSSR count). The number of aromatic hydroxyl groups is 1. The van der Waals surface area contributed by atoms with Gasteiger partial charge in [-0.15, -0.1) is 0 Å². The maximum Gasteiger partial charge on any atom is 0.161 e. The van der Waals surface area contributed by atoms with Crippen molar-refractivity contribution in [3.05, 3.63) is 38.7 Å². The van der Waals surface area contributed by atoms with E-state index in [2.05, 4.69) is 46.4 Å². The molecule has 0 aliphatic rings. The lowest BCUT2D eigenvalue weighted by molar-refractivity contribution is 0.475. The molecule has 0 saturated carbocycles. The van der Waals surface area contributed by atoms with Gasteiger partial charge in [-0.25, -0.2) is 9.97 Å².